The van der Waals surface area contributed by atoms with Gasteiger partial charge in [0.25, 0.3) is 0 Å². The zero-order chi connectivity index (χ0) is 5.98. The summed E-state index contributed by atoms with van der Waals surface area (Å²) in [5, 5.41) is 0.310. The summed E-state index contributed by atoms with van der Waals surface area (Å²) in [4.78, 5) is 11.7. The summed E-state index contributed by atoms with van der Waals surface area (Å²) in [5.74, 6) is 0. The molecule has 44 valence electrons. The number of hydrogen-bond acceptors (Lipinski definition) is 2. The standard InChI is InChI=1S/C6H8OS/c1-5-3-2-4-6(7)8-5/h3H,2,4H2,1H3. The van der Waals surface area contributed by atoms with Crippen LogP contribution in [0.1, 0.15) is 19.8 Å². The Kier molecular flexibility index (Phi) is 1.73. The monoisotopic (exact) mass is 128 g/mol. The summed E-state index contributed by atoms with van der Waals surface area (Å²) in [6.45, 7) is 1.97. The van der Waals surface area contributed by atoms with E-state index in [1.165, 1.54) is 11.8 Å². The molecule has 0 fully saturated rings. The van der Waals surface area contributed by atoms with Crippen LogP contribution in [0.4, 0.5) is 0 Å². The lowest BCUT2D eigenvalue weighted by molar-refractivity contribution is -0.110. The second-order valence-electron chi connectivity index (χ2n) is 1.83. The molecule has 0 N–H and O–H groups in total. The second kappa shape index (κ2) is 2.35. The molecule has 1 nitrogen and oxygen atoms in total. The van der Waals surface area contributed by atoms with Gasteiger partial charge < -0.3 is 0 Å². The number of allylic oxidation sites excluding steroid dienone is 2. The highest BCUT2D eigenvalue weighted by atomic mass is 32.2. The molecule has 8 heavy (non-hydrogen) atoms. The van der Waals surface area contributed by atoms with E-state index in [1.54, 1.807) is 0 Å². The number of hydrogen-bond donors (Lipinski definition) is 0. The molecule has 0 atom stereocenters. The van der Waals surface area contributed by atoms with Crippen molar-refractivity contribution in [3.05, 3.63) is 11.0 Å². The maximum atomic E-state index is 10.6. The topological polar surface area (TPSA) is 17.1 Å². The van der Waals surface area contributed by atoms with Crippen molar-refractivity contribution >= 4 is 16.9 Å². The molecule has 2 heteroatoms. The van der Waals surface area contributed by atoms with Crippen LogP contribution in [0.15, 0.2) is 11.0 Å². The van der Waals surface area contributed by atoms with Gasteiger partial charge in [-0.15, -0.1) is 0 Å². The molecule has 0 aliphatic carbocycles. The normalized spacial score (nSPS) is 20.6. The third-order valence-corrected chi connectivity index (χ3v) is 1.98. The lowest BCUT2D eigenvalue weighted by Gasteiger charge is -2.04. The highest BCUT2D eigenvalue weighted by Crippen LogP contribution is 2.23. The number of thioether (sulfide) groups is 1. The predicted octanol–water partition coefficient (Wildman–Crippen LogP) is 1.94. The van der Waals surface area contributed by atoms with Crippen molar-refractivity contribution in [1.29, 1.82) is 0 Å². The molecule has 0 aromatic heterocycles. The molecule has 0 saturated carbocycles. The minimum Gasteiger partial charge on any atom is -0.287 e. The van der Waals surface area contributed by atoms with Gasteiger partial charge in [-0.05, 0) is 18.2 Å². The van der Waals surface area contributed by atoms with E-state index in [-0.39, 0.29) is 0 Å². The van der Waals surface area contributed by atoms with Gasteiger partial charge in [-0.3, -0.25) is 4.79 Å². The lowest BCUT2D eigenvalue weighted by atomic mass is 10.3. The first-order chi connectivity index (χ1) is 3.79. The van der Waals surface area contributed by atoms with Gasteiger partial charge in [0, 0.05) is 6.42 Å². The lowest BCUT2D eigenvalue weighted by Crippen LogP contribution is -1.94. The van der Waals surface area contributed by atoms with Crippen LogP contribution in [0.25, 0.3) is 0 Å². The zero-order valence-electron chi connectivity index (χ0n) is 4.81. The molecular weight excluding hydrogens is 120 g/mol. The van der Waals surface area contributed by atoms with Crippen molar-refractivity contribution in [2.45, 2.75) is 19.8 Å². The molecule has 0 aromatic carbocycles. The first kappa shape index (κ1) is 5.89. The molecule has 1 aliphatic rings. The second-order valence-corrected chi connectivity index (χ2v) is 3.13. The Hall–Kier alpha value is -0.240. The van der Waals surface area contributed by atoms with Gasteiger partial charge in [0.05, 0.1) is 0 Å². The molecule has 0 aromatic rings. The van der Waals surface area contributed by atoms with Crippen LogP contribution < -0.4 is 0 Å². The van der Waals surface area contributed by atoms with Crippen LogP contribution in [-0.4, -0.2) is 5.12 Å². The Labute approximate surface area is 53.2 Å². The first-order valence-corrected chi connectivity index (χ1v) is 3.48. The van der Waals surface area contributed by atoms with Gasteiger partial charge in [0.15, 0.2) is 5.12 Å². The quantitative estimate of drug-likeness (QED) is 0.496. The Balaban J connectivity index is 2.57. The van der Waals surface area contributed by atoms with Crippen LogP contribution in [0, 0.1) is 0 Å². The molecular formula is C6H8OS. The van der Waals surface area contributed by atoms with Crippen molar-refractivity contribution in [3.8, 4) is 0 Å². The fraction of sp³-hybridized carbons (Fsp3) is 0.500. The van der Waals surface area contributed by atoms with E-state index in [9.17, 15) is 4.79 Å². The van der Waals surface area contributed by atoms with Crippen molar-refractivity contribution < 1.29 is 4.79 Å². The van der Waals surface area contributed by atoms with Gasteiger partial charge in [0.1, 0.15) is 0 Å². The van der Waals surface area contributed by atoms with Crippen molar-refractivity contribution in [2.75, 3.05) is 0 Å². The molecule has 1 rings (SSSR count). The van der Waals surface area contributed by atoms with E-state index in [0.717, 1.165) is 17.7 Å². The van der Waals surface area contributed by atoms with E-state index in [2.05, 4.69) is 6.08 Å². The fourth-order valence-corrected chi connectivity index (χ4v) is 1.45. The van der Waals surface area contributed by atoms with Crippen molar-refractivity contribution in [3.63, 3.8) is 0 Å². The largest absolute Gasteiger partial charge is 0.287 e. The fourth-order valence-electron chi connectivity index (χ4n) is 0.666. The van der Waals surface area contributed by atoms with Crippen LogP contribution in [-0.2, 0) is 4.79 Å². The van der Waals surface area contributed by atoms with E-state index in [4.69, 9.17) is 0 Å². The Morgan fingerprint density at radius 2 is 2.50 bits per heavy atom. The molecule has 0 bridgehead atoms. The molecule has 0 spiro atoms. The van der Waals surface area contributed by atoms with Gasteiger partial charge in [0.2, 0.25) is 0 Å². The summed E-state index contributed by atoms with van der Waals surface area (Å²) in [6, 6.07) is 0. The van der Waals surface area contributed by atoms with E-state index in [0.29, 0.717) is 5.12 Å². The smallest absolute Gasteiger partial charge is 0.193 e. The average molecular weight is 128 g/mol. The third kappa shape index (κ3) is 1.37. The molecule has 0 amide bonds. The minimum atomic E-state index is 0.310. The van der Waals surface area contributed by atoms with Gasteiger partial charge in [-0.2, -0.15) is 0 Å². The summed E-state index contributed by atoms with van der Waals surface area (Å²) in [5.41, 5.74) is 0. The first-order valence-electron chi connectivity index (χ1n) is 2.66. The summed E-state index contributed by atoms with van der Waals surface area (Å²) < 4.78 is 0. The third-order valence-electron chi connectivity index (χ3n) is 1.06. The van der Waals surface area contributed by atoms with E-state index in [1.807, 2.05) is 6.92 Å². The summed E-state index contributed by atoms with van der Waals surface area (Å²) >= 11 is 1.36. The number of carbonyl (C=O) groups is 1. The van der Waals surface area contributed by atoms with E-state index < -0.39 is 0 Å². The summed E-state index contributed by atoms with van der Waals surface area (Å²) in [7, 11) is 0. The Morgan fingerprint density at radius 1 is 1.75 bits per heavy atom. The molecule has 0 radical (unpaired) electrons. The highest BCUT2D eigenvalue weighted by molar-refractivity contribution is 8.16. The highest BCUT2D eigenvalue weighted by Gasteiger charge is 2.06. The van der Waals surface area contributed by atoms with Gasteiger partial charge in [-0.25, -0.2) is 0 Å². The van der Waals surface area contributed by atoms with Crippen molar-refractivity contribution in [2.24, 2.45) is 0 Å². The number of rotatable bonds is 0. The van der Waals surface area contributed by atoms with Gasteiger partial charge in [-0.1, -0.05) is 17.8 Å². The van der Waals surface area contributed by atoms with Crippen LogP contribution in [0.5, 0.6) is 0 Å². The summed E-state index contributed by atoms with van der Waals surface area (Å²) in [6.07, 6.45) is 3.77. The SMILES string of the molecule is CC1=CCCC(=O)S1. The molecule has 1 aliphatic heterocycles. The maximum Gasteiger partial charge on any atom is 0.193 e. The van der Waals surface area contributed by atoms with Crippen LogP contribution >= 0.6 is 11.8 Å². The zero-order valence-corrected chi connectivity index (χ0v) is 5.62. The number of carbonyl (C=O) groups excluding carboxylic acids is 1. The predicted molar refractivity (Wildman–Crippen MR) is 35.6 cm³/mol. The molecule has 1 heterocycles. The molecule has 0 unspecified atom stereocenters. The maximum absolute atomic E-state index is 10.6. The van der Waals surface area contributed by atoms with E-state index >= 15 is 0 Å². The molecule has 0 saturated heterocycles. The van der Waals surface area contributed by atoms with Crippen LogP contribution in [0.2, 0.25) is 0 Å². The average Bonchev–Trinajstić information content (AvgIpc) is 1.64. The Morgan fingerprint density at radius 3 is 2.88 bits per heavy atom. The minimum absolute atomic E-state index is 0.310. The van der Waals surface area contributed by atoms with Crippen LogP contribution in [0.3, 0.4) is 0 Å². The van der Waals surface area contributed by atoms with Crippen molar-refractivity contribution in [1.82, 2.24) is 0 Å². The van der Waals surface area contributed by atoms with Gasteiger partial charge >= 0.3 is 0 Å². The Bertz CT molecular complexity index is 137.